The van der Waals surface area contributed by atoms with Crippen molar-refractivity contribution in [2.24, 2.45) is 5.92 Å². The van der Waals surface area contributed by atoms with Gasteiger partial charge in [0.2, 0.25) is 0 Å². The number of rotatable bonds is 30. The zero-order chi connectivity index (χ0) is 25.5. The summed E-state index contributed by atoms with van der Waals surface area (Å²) < 4.78 is 0. The molecule has 0 heterocycles. The maximum Gasteiger partial charge on any atom is -0.0351 e. The Kier molecular flexibility index (Phi) is 31.5. The van der Waals surface area contributed by atoms with E-state index in [9.17, 15) is 0 Å². The molecule has 0 N–H and O–H groups in total. The summed E-state index contributed by atoms with van der Waals surface area (Å²) in [5.74, 6) is 0.963. The van der Waals surface area contributed by atoms with Crippen LogP contribution in [0.15, 0.2) is 12.2 Å². The molecule has 0 aliphatic heterocycles. The molecule has 0 aliphatic carbocycles. The van der Waals surface area contributed by atoms with E-state index < -0.39 is 0 Å². The lowest BCUT2D eigenvalue weighted by molar-refractivity contribution is 0.440. The van der Waals surface area contributed by atoms with E-state index in [0.717, 1.165) is 5.92 Å². The zero-order valence-corrected chi connectivity index (χ0v) is 25.2. The standard InChI is InChI=1S/C35H70/c1-4-6-8-9-10-11-12-13-14-15-16-17-18-19-20-21-22-23-24-25-26-27-28-29-30-31-32-34-35(3)33-7-5-2/h18-19,35H,4-17,20-34H2,1-3H3. The third-order valence-electron chi connectivity index (χ3n) is 8.01. The Labute approximate surface area is 224 Å². The molecule has 1 atom stereocenters. The van der Waals surface area contributed by atoms with Crippen LogP contribution >= 0.6 is 0 Å². The van der Waals surface area contributed by atoms with Gasteiger partial charge in [0, 0.05) is 0 Å². The SMILES string of the molecule is CCCCCCCCCCCCCC=CCCCCCCCCCCCCCCC(C)CCCC. The molecule has 0 radical (unpaired) electrons. The summed E-state index contributed by atoms with van der Waals surface area (Å²) in [5, 5.41) is 0. The first-order valence-electron chi connectivity index (χ1n) is 17.0. The second-order valence-corrected chi connectivity index (χ2v) is 11.9. The summed E-state index contributed by atoms with van der Waals surface area (Å²) in [6.07, 6.45) is 46.8. The minimum Gasteiger partial charge on any atom is -0.0885 e. The van der Waals surface area contributed by atoms with Crippen LogP contribution in [0, 0.1) is 5.92 Å². The van der Waals surface area contributed by atoms with Crippen LogP contribution < -0.4 is 0 Å². The van der Waals surface area contributed by atoms with Crippen LogP contribution in [0.4, 0.5) is 0 Å². The van der Waals surface area contributed by atoms with Gasteiger partial charge in [0.15, 0.2) is 0 Å². The Morgan fingerprint density at radius 3 is 1.00 bits per heavy atom. The van der Waals surface area contributed by atoms with Crippen LogP contribution in [-0.4, -0.2) is 0 Å². The maximum atomic E-state index is 2.46. The van der Waals surface area contributed by atoms with Crippen LogP contribution in [0.5, 0.6) is 0 Å². The molecule has 0 saturated carbocycles. The zero-order valence-electron chi connectivity index (χ0n) is 25.2. The molecule has 0 aromatic carbocycles. The highest BCUT2D eigenvalue weighted by Crippen LogP contribution is 2.18. The van der Waals surface area contributed by atoms with E-state index >= 15 is 0 Å². The minimum atomic E-state index is 0.963. The minimum absolute atomic E-state index is 0.963. The van der Waals surface area contributed by atoms with Crippen molar-refractivity contribution in [3.8, 4) is 0 Å². The highest BCUT2D eigenvalue weighted by Gasteiger charge is 2.01. The Hall–Kier alpha value is -0.260. The van der Waals surface area contributed by atoms with Gasteiger partial charge >= 0.3 is 0 Å². The number of hydrogen-bond donors (Lipinski definition) is 0. The summed E-state index contributed by atoms with van der Waals surface area (Å²) >= 11 is 0. The van der Waals surface area contributed by atoms with Crippen molar-refractivity contribution < 1.29 is 0 Å². The molecule has 0 aromatic rings. The van der Waals surface area contributed by atoms with Gasteiger partial charge in [-0.2, -0.15) is 0 Å². The first-order chi connectivity index (χ1) is 17.3. The van der Waals surface area contributed by atoms with Gasteiger partial charge in [0.25, 0.3) is 0 Å². The van der Waals surface area contributed by atoms with Crippen LogP contribution in [0.25, 0.3) is 0 Å². The summed E-state index contributed by atoms with van der Waals surface area (Å²) in [6, 6.07) is 0. The predicted molar refractivity (Wildman–Crippen MR) is 164 cm³/mol. The van der Waals surface area contributed by atoms with Crippen LogP contribution in [0.3, 0.4) is 0 Å². The monoisotopic (exact) mass is 491 g/mol. The molecular weight excluding hydrogens is 420 g/mol. The van der Waals surface area contributed by atoms with Gasteiger partial charge in [-0.25, -0.2) is 0 Å². The Balaban J connectivity index is 3.11. The lowest BCUT2D eigenvalue weighted by Crippen LogP contribution is -1.94. The molecular formula is C35H70. The van der Waals surface area contributed by atoms with E-state index in [1.807, 2.05) is 0 Å². The number of hydrogen-bond acceptors (Lipinski definition) is 0. The van der Waals surface area contributed by atoms with Crippen molar-refractivity contribution in [3.63, 3.8) is 0 Å². The van der Waals surface area contributed by atoms with E-state index in [4.69, 9.17) is 0 Å². The molecule has 0 heteroatoms. The highest BCUT2D eigenvalue weighted by molar-refractivity contribution is 4.81. The molecule has 0 aliphatic rings. The van der Waals surface area contributed by atoms with Gasteiger partial charge in [-0.1, -0.05) is 193 Å². The second kappa shape index (κ2) is 31.8. The van der Waals surface area contributed by atoms with E-state index in [2.05, 4.69) is 32.9 Å². The van der Waals surface area contributed by atoms with Crippen molar-refractivity contribution in [2.75, 3.05) is 0 Å². The first-order valence-corrected chi connectivity index (χ1v) is 17.0. The van der Waals surface area contributed by atoms with Gasteiger partial charge in [0.05, 0.1) is 0 Å². The van der Waals surface area contributed by atoms with Gasteiger partial charge in [0.1, 0.15) is 0 Å². The summed E-state index contributed by atoms with van der Waals surface area (Å²) in [5.41, 5.74) is 0. The van der Waals surface area contributed by atoms with Crippen molar-refractivity contribution in [1.82, 2.24) is 0 Å². The molecule has 0 amide bonds. The Morgan fingerprint density at radius 2 is 0.629 bits per heavy atom. The normalized spacial score (nSPS) is 12.7. The molecule has 0 rings (SSSR count). The topological polar surface area (TPSA) is 0 Å². The van der Waals surface area contributed by atoms with Crippen LogP contribution in [-0.2, 0) is 0 Å². The van der Waals surface area contributed by atoms with E-state index in [1.54, 1.807) is 0 Å². The Morgan fingerprint density at radius 1 is 0.343 bits per heavy atom. The lowest BCUT2D eigenvalue weighted by Gasteiger charge is -2.10. The second-order valence-electron chi connectivity index (χ2n) is 11.9. The number of unbranched alkanes of at least 4 members (excludes halogenated alkanes) is 24. The average molecular weight is 491 g/mol. The van der Waals surface area contributed by atoms with Crippen LogP contribution in [0.2, 0.25) is 0 Å². The maximum absolute atomic E-state index is 2.46. The largest absolute Gasteiger partial charge is 0.0885 e. The van der Waals surface area contributed by atoms with Crippen molar-refractivity contribution >= 4 is 0 Å². The molecule has 1 unspecified atom stereocenters. The van der Waals surface area contributed by atoms with E-state index in [1.165, 1.54) is 186 Å². The fourth-order valence-corrected chi connectivity index (χ4v) is 5.38. The highest BCUT2D eigenvalue weighted by atomic mass is 14.1. The fraction of sp³-hybridized carbons (Fsp3) is 0.943. The van der Waals surface area contributed by atoms with Gasteiger partial charge < -0.3 is 0 Å². The van der Waals surface area contributed by atoms with Gasteiger partial charge in [-0.05, 0) is 31.6 Å². The van der Waals surface area contributed by atoms with E-state index in [-0.39, 0.29) is 0 Å². The molecule has 0 bridgehead atoms. The molecule has 0 nitrogen and oxygen atoms in total. The third-order valence-corrected chi connectivity index (χ3v) is 8.01. The molecule has 0 aromatic heterocycles. The summed E-state index contributed by atoms with van der Waals surface area (Å²) in [7, 11) is 0. The Bertz CT molecular complexity index is 381. The van der Waals surface area contributed by atoms with Crippen molar-refractivity contribution in [2.45, 2.75) is 207 Å². The third kappa shape index (κ3) is 31.7. The predicted octanol–water partition coefficient (Wildman–Crippen LogP) is 13.5. The average Bonchev–Trinajstić information content (AvgIpc) is 2.87. The molecule has 35 heavy (non-hydrogen) atoms. The van der Waals surface area contributed by atoms with Gasteiger partial charge in [-0.3, -0.25) is 0 Å². The van der Waals surface area contributed by atoms with Crippen LogP contribution in [0.1, 0.15) is 207 Å². The van der Waals surface area contributed by atoms with Gasteiger partial charge in [-0.15, -0.1) is 0 Å². The van der Waals surface area contributed by atoms with Crippen molar-refractivity contribution in [1.29, 1.82) is 0 Å². The smallest absolute Gasteiger partial charge is 0.0351 e. The quantitative estimate of drug-likeness (QED) is 0.0693. The first kappa shape index (κ1) is 34.7. The van der Waals surface area contributed by atoms with Crippen molar-refractivity contribution in [3.05, 3.63) is 12.2 Å². The molecule has 0 fully saturated rings. The molecule has 0 spiro atoms. The summed E-state index contributed by atoms with van der Waals surface area (Å²) in [4.78, 5) is 0. The molecule has 210 valence electrons. The lowest BCUT2D eigenvalue weighted by atomic mass is 9.97. The summed E-state index contributed by atoms with van der Waals surface area (Å²) in [6.45, 7) is 7.07. The number of allylic oxidation sites excluding steroid dienone is 2. The fourth-order valence-electron chi connectivity index (χ4n) is 5.38. The van der Waals surface area contributed by atoms with E-state index in [0.29, 0.717) is 0 Å². The molecule has 0 saturated heterocycles.